The van der Waals surface area contributed by atoms with Gasteiger partial charge in [-0.15, -0.1) is 0 Å². The molecule has 0 spiro atoms. The highest BCUT2D eigenvalue weighted by Crippen LogP contribution is 2.23. The number of ketones is 1. The van der Waals surface area contributed by atoms with E-state index in [1.54, 1.807) is 24.3 Å². The number of carboxylic acids is 1. The quantitative estimate of drug-likeness (QED) is 0.883. The second kappa shape index (κ2) is 8.09. The molecule has 0 aromatic heterocycles. The van der Waals surface area contributed by atoms with Crippen molar-refractivity contribution in [1.82, 2.24) is 0 Å². The third-order valence-corrected chi connectivity index (χ3v) is 3.18. The Morgan fingerprint density at radius 2 is 1.70 bits per heavy atom. The van der Waals surface area contributed by atoms with Crippen molar-refractivity contribution < 1.29 is 19.5 Å². The van der Waals surface area contributed by atoms with E-state index in [0.29, 0.717) is 18.4 Å². The molecule has 1 aromatic rings. The maximum atomic E-state index is 10.7. The van der Waals surface area contributed by atoms with Crippen LogP contribution in [0.2, 0.25) is 0 Å². The van der Waals surface area contributed by atoms with Crippen LogP contribution < -0.4 is 5.73 Å². The smallest absolute Gasteiger partial charge is 0.303 e. The lowest BCUT2D eigenvalue weighted by molar-refractivity contribution is -0.139. The van der Waals surface area contributed by atoms with Crippen molar-refractivity contribution in [3.63, 3.8) is 0 Å². The van der Waals surface area contributed by atoms with Crippen LogP contribution in [0.5, 0.6) is 0 Å². The third-order valence-electron chi connectivity index (χ3n) is 3.18. The molecule has 0 aliphatic heterocycles. The molecule has 108 valence electrons. The van der Waals surface area contributed by atoms with E-state index >= 15 is 0 Å². The van der Waals surface area contributed by atoms with Crippen LogP contribution in [-0.4, -0.2) is 22.8 Å². The van der Waals surface area contributed by atoms with Crippen molar-refractivity contribution in [2.45, 2.75) is 32.1 Å². The molecule has 5 heteroatoms. The first-order valence-corrected chi connectivity index (χ1v) is 6.57. The molecule has 20 heavy (non-hydrogen) atoms. The standard InChI is InChI=1S/C8H12O3.C7H7NO/c9-7-3-1-6(2-4-7)5-8(10)11;8-7(9)6-4-2-1-3-5-6/h6H,1-5H2,(H,10,11);1-5H,(H2,8,9). The summed E-state index contributed by atoms with van der Waals surface area (Å²) >= 11 is 0. The zero-order valence-corrected chi connectivity index (χ0v) is 11.2. The van der Waals surface area contributed by atoms with Gasteiger partial charge in [-0.05, 0) is 30.9 Å². The van der Waals surface area contributed by atoms with Crippen molar-refractivity contribution >= 4 is 17.7 Å². The number of hydrogen-bond donors (Lipinski definition) is 2. The number of carbonyl (C=O) groups is 3. The SMILES string of the molecule is NC(=O)c1ccccc1.O=C(O)CC1CCC(=O)CC1. The van der Waals surface area contributed by atoms with Crippen LogP contribution in [0.3, 0.4) is 0 Å². The highest BCUT2D eigenvalue weighted by molar-refractivity contribution is 5.92. The molecular formula is C15H19NO4. The molecule has 0 atom stereocenters. The van der Waals surface area contributed by atoms with Gasteiger partial charge in [0.2, 0.25) is 5.91 Å². The minimum Gasteiger partial charge on any atom is -0.481 e. The summed E-state index contributed by atoms with van der Waals surface area (Å²) in [5.74, 6) is -0.600. The first-order valence-electron chi connectivity index (χ1n) is 6.57. The maximum absolute atomic E-state index is 10.7. The van der Waals surface area contributed by atoms with E-state index in [0.717, 1.165) is 12.8 Å². The maximum Gasteiger partial charge on any atom is 0.303 e. The molecule has 0 unspecified atom stereocenters. The number of Topliss-reactive ketones (excluding diaryl/α,β-unsaturated/α-hetero) is 1. The summed E-state index contributed by atoms with van der Waals surface area (Å²) in [5, 5.41) is 8.45. The van der Waals surface area contributed by atoms with Gasteiger partial charge in [0, 0.05) is 24.8 Å². The minimum atomic E-state index is -0.746. The summed E-state index contributed by atoms with van der Waals surface area (Å²) in [6, 6.07) is 8.76. The lowest BCUT2D eigenvalue weighted by atomic mass is 9.86. The molecule has 5 nitrogen and oxygen atoms in total. The molecule has 1 saturated carbocycles. The third kappa shape index (κ3) is 6.13. The Labute approximate surface area is 117 Å². The van der Waals surface area contributed by atoms with Crippen LogP contribution in [0.25, 0.3) is 0 Å². The van der Waals surface area contributed by atoms with Crippen LogP contribution in [0, 0.1) is 5.92 Å². The van der Waals surface area contributed by atoms with Crippen LogP contribution in [0.1, 0.15) is 42.5 Å². The lowest BCUT2D eigenvalue weighted by Gasteiger charge is -2.18. The number of rotatable bonds is 3. The fourth-order valence-corrected chi connectivity index (χ4v) is 2.05. The molecule has 1 fully saturated rings. The van der Waals surface area contributed by atoms with Gasteiger partial charge in [-0.25, -0.2) is 0 Å². The van der Waals surface area contributed by atoms with Crippen molar-refractivity contribution in [1.29, 1.82) is 0 Å². The van der Waals surface area contributed by atoms with Crippen LogP contribution in [0.4, 0.5) is 0 Å². The van der Waals surface area contributed by atoms with Crippen molar-refractivity contribution in [2.24, 2.45) is 11.7 Å². The van der Waals surface area contributed by atoms with Crippen molar-refractivity contribution in [3.8, 4) is 0 Å². The van der Waals surface area contributed by atoms with Gasteiger partial charge in [-0.1, -0.05) is 18.2 Å². The Bertz CT molecular complexity index is 460. The number of nitrogens with two attached hydrogens (primary N) is 1. The van der Waals surface area contributed by atoms with E-state index in [1.165, 1.54) is 0 Å². The van der Waals surface area contributed by atoms with Gasteiger partial charge in [-0.3, -0.25) is 14.4 Å². The van der Waals surface area contributed by atoms with Gasteiger partial charge in [0.15, 0.2) is 0 Å². The molecule has 1 aliphatic rings. The van der Waals surface area contributed by atoms with Crippen LogP contribution in [-0.2, 0) is 9.59 Å². The van der Waals surface area contributed by atoms with E-state index in [1.807, 2.05) is 6.07 Å². The second-order valence-electron chi connectivity index (χ2n) is 4.81. The first kappa shape index (κ1) is 15.9. The average Bonchev–Trinajstić information content (AvgIpc) is 2.43. The molecular weight excluding hydrogens is 258 g/mol. The Balaban J connectivity index is 0.000000204. The molecule has 0 bridgehead atoms. The van der Waals surface area contributed by atoms with Gasteiger partial charge < -0.3 is 10.8 Å². The summed E-state index contributed by atoms with van der Waals surface area (Å²) in [6.07, 6.45) is 2.93. The van der Waals surface area contributed by atoms with Gasteiger partial charge in [0.25, 0.3) is 0 Å². The number of primary amides is 1. The van der Waals surface area contributed by atoms with Crippen molar-refractivity contribution in [3.05, 3.63) is 35.9 Å². The Morgan fingerprint density at radius 1 is 1.15 bits per heavy atom. The van der Waals surface area contributed by atoms with Crippen LogP contribution >= 0.6 is 0 Å². The highest BCUT2D eigenvalue weighted by Gasteiger charge is 2.20. The fourth-order valence-electron chi connectivity index (χ4n) is 2.05. The Morgan fingerprint density at radius 3 is 2.10 bits per heavy atom. The second-order valence-corrected chi connectivity index (χ2v) is 4.81. The molecule has 0 saturated heterocycles. The zero-order valence-electron chi connectivity index (χ0n) is 11.2. The molecule has 2 rings (SSSR count). The minimum absolute atomic E-state index is 0.229. The molecule has 1 aliphatic carbocycles. The van der Waals surface area contributed by atoms with E-state index in [4.69, 9.17) is 10.8 Å². The van der Waals surface area contributed by atoms with Crippen molar-refractivity contribution in [2.75, 3.05) is 0 Å². The predicted molar refractivity (Wildman–Crippen MR) is 74.2 cm³/mol. The lowest BCUT2D eigenvalue weighted by Crippen LogP contribution is -2.16. The van der Waals surface area contributed by atoms with Gasteiger partial charge >= 0.3 is 5.97 Å². The average molecular weight is 277 g/mol. The highest BCUT2D eigenvalue weighted by atomic mass is 16.4. The molecule has 1 aromatic carbocycles. The van der Waals surface area contributed by atoms with Gasteiger partial charge in [0.05, 0.1) is 0 Å². The summed E-state index contributed by atoms with van der Waals surface area (Å²) in [5.41, 5.74) is 5.53. The summed E-state index contributed by atoms with van der Waals surface area (Å²) in [7, 11) is 0. The number of carbonyl (C=O) groups excluding carboxylic acids is 2. The molecule has 1 amide bonds. The van der Waals surface area contributed by atoms with E-state index in [2.05, 4.69) is 0 Å². The van der Waals surface area contributed by atoms with E-state index < -0.39 is 5.97 Å². The van der Waals surface area contributed by atoms with E-state index in [9.17, 15) is 14.4 Å². The molecule has 0 heterocycles. The van der Waals surface area contributed by atoms with E-state index in [-0.39, 0.29) is 24.0 Å². The van der Waals surface area contributed by atoms with Gasteiger partial charge in [-0.2, -0.15) is 0 Å². The summed E-state index contributed by atoms with van der Waals surface area (Å²) in [4.78, 5) is 31.4. The summed E-state index contributed by atoms with van der Waals surface area (Å²) < 4.78 is 0. The normalized spacial score (nSPS) is 15.1. The number of amides is 1. The predicted octanol–water partition coefficient (Wildman–Crippen LogP) is 2.01. The number of hydrogen-bond acceptors (Lipinski definition) is 3. The number of aliphatic carboxylic acids is 1. The number of carboxylic acid groups (broad SMARTS) is 1. The monoisotopic (exact) mass is 277 g/mol. The Hall–Kier alpha value is -2.17. The topological polar surface area (TPSA) is 97.5 Å². The Kier molecular flexibility index (Phi) is 6.43. The first-order chi connectivity index (χ1) is 9.49. The molecule has 3 N–H and O–H groups in total. The largest absolute Gasteiger partial charge is 0.481 e. The molecule has 0 radical (unpaired) electrons. The fraction of sp³-hybridized carbons (Fsp3) is 0.400. The zero-order chi connectivity index (χ0) is 15.0. The summed E-state index contributed by atoms with van der Waals surface area (Å²) in [6.45, 7) is 0. The van der Waals surface area contributed by atoms with Gasteiger partial charge in [0.1, 0.15) is 5.78 Å². The number of benzene rings is 1. The van der Waals surface area contributed by atoms with Crippen LogP contribution in [0.15, 0.2) is 30.3 Å².